The van der Waals surface area contributed by atoms with Crippen LogP contribution in [0.15, 0.2) is 30.5 Å². The Hall–Kier alpha value is -2.08. The second kappa shape index (κ2) is 7.89. The van der Waals surface area contributed by atoms with Gasteiger partial charge in [-0.1, -0.05) is 12.1 Å². The van der Waals surface area contributed by atoms with Gasteiger partial charge < -0.3 is 10.2 Å². The van der Waals surface area contributed by atoms with E-state index in [-0.39, 0.29) is 0 Å². The summed E-state index contributed by atoms with van der Waals surface area (Å²) in [6.07, 6.45) is -1.52. The molecule has 146 valence electrons. The first-order valence-corrected chi connectivity index (χ1v) is 9.32. The van der Waals surface area contributed by atoms with Gasteiger partial charge in [-0.2, -0.15) is 13.2 Å². The summed E-state index contributed by atoms with van der Waals surface area (Å²) in [7, 11) is 0. The zero-order valence-electron chi connectivity index (χ0n) is 16.0. The van der Waals surface area contributed by atoms with Crippen molar-refractivity contribution >= 4 is 5.82 Å². The van der Waals surface area contributed by atoms with Gasteiger partial charge in [0, 0.05) is 31.9 Å². The number of hydrogen-bond donors (Lipinski definition) is 1. The van der Waals surface area contributed by atoms with Crippen molar-refractivity contribution < 1.29 is 13.2 Å². The molecule has 1 N–H and O–H groups in total. The summed E-state index contributed by atoms with van der Waals surface area (Å²) in [5.74, 6) is 0.617. The Morgan fingerprint density at radius 2 is 1.70 bits per heavy atom. The van der Waals surface area contributed by atoms with Gasteiger partial charge in [0.05, 0.1) is 5.56 Å². The smallest absolute Gasteiger partial charge is 0.357 e. The van der Waals surface area contributed by atoms with E-state index in [1.807, 2.05) is 0 Å². The van der Waals surface area contributed by atoms with Crippen LogP contribution < -0.4 is 10.2 Å². The number of rotatable bonds is 4. The van der Waals surface area contributed by atoms with Crippen molar-refractivity contribution in [1.29, 1.82) is 0 Å². The average Bonchev–Trinajstić information content (AvgIpc) is 2.63. The number of nitrogens with zero attached hydrogens (tertiary/aromatic N) is 2. The van der Waals surface area contributed by atoms with Crippen molar-refractivity contribution in [2.45, 2.75) is 52.4 Å². The molecule has 1 saturated heterocycles. The van der Waals surface area contributed by atoms with Crippen LogP contribution in [0.5, 0.6) is 0 Å². The number of benzene rings is 1. The van der Waals surface area contributed by atoms with Crippen LogP contribution in [0.4, 0.5) is 19.0 Å². The number of aromatic nitrogens is 1. The highest BCUT2D eigenvalue weighted by molar-refractivity contribution is 5.40. The Kier molecular flexibility index (Phi) is 5.75. The number of piperidine rings is 1. The maximum absolute atomic E-state index is 12.7. The molecule has 0 unspecified atom stereocenters. The fraction of sp³-hybridized carbons (Fsp3) is 0.476. The first-order valence-electron chi connectivity index (χ1n) is 9.32. The Labute approximate surface area is 158 Å². The molecule has 0 radical (unpaired) electrons. The minimum atomic E-state index is -4.34. The standard InChI is InChI=1S/C21H26F3N3/c1-14-10-16(3)17(11-15(14)2)12-25-19-6-8-27(9-7-19)20-5-4-18(13-26-20)21(22,23)24/h4-5,10-11,13,19,25H,6-9,12H2,1-3H3. The highest BCUT2D eigenvalue weighted by Crippen LogP contribution is 2.29. The fourth-order valence-corrected chi connectivity index (χ4v) is 3.52. The molecule has 1 aromatic carbocycles. The summed E-state index contributed by atoms with van der Waals surface area (Å²) in [5.41, 5.74) is 4.54. The number of nitrogens with one attached hydrogen (secondary N) is 1. The predicted octanol–water partition coefficient (Wildman–Crippen LogP) is 4.78. The fourth-order valence-electron chi connectivity index (χ4n) is 3.52. The van der Waals surface area contributed by atoms with E-state index in [0.717, 1.165) is 44.7 Å². The maximum atomic E-state index is 12.7. The van der Waals surface area contributed by atoms with E-state index in [9.17, 15) is 13.2 Å². The Morgan fingerprint density at radius 1 is 1.04 bits per heavy atom. The zero-order valence-corrected chi connectivity index (χ0v) is 16.0. The molecule has 0 atom stereocenters. The van der Waals surface area contributed by atoms with Gasteiger partial charge in [0.15, 0.2) is 0 Å². The van der Waals surface area contributed by atoms with Gasteiger partial charge in [0.25, 0.3) is 0 Å². The van der Waals surface area contributed by atoms with Crippen molar-refractivity contribution in [3.05, 3.63) is 58.3 Å². The highest BCUT2D eigenvalue weighted by atomic mass is 19.4. The molecule has 0 spiro atoms. The van der Waals surface area contributed by atoms with Gasteiger partial charge in [-0.05, 0) is 68.0 Å². The summed E-state index contributed by atoms with van der Waals surface area (Å²) >= 11 is 0. The van der Waals surface area contributed by atoms with Gasteiger partial charge >= 0.3 is 6.18 Å². The number of hydrogen-bond acceptors (Lipinski definition) is 3. The molecule has 0 amide bonds. The third-order valence-electron chi connectivity index (χ3n) is 5.43. The Morgan fingerprint density at radius 3 is 2.30 bits per heavy atom. The van der Waals surface area contributed by atoms with Gasteiger partial charge in [-0.25, -0.2) is 4.98 Å². The van der Waals surface area contributed by atoms with Crippen LogP contribution in [0.2, 0.25) is 0 Å². The molecular weight excluding hydrogens is 351 g/mol. The molecule has 1 aromatic heterocycles. The number of halogens is 3. The zero-order chi connectivity index (χ0) is 19.6. The number of aryl methyl sites for hydroxylation is 3. The summed E-state index contributed by atoms with van der Waals surface area (Å²) in [6.45, 7) is 8.83. The van der Waals surface area contributed by atoms with Crippen LogP contribution in [0, 0.1) is 20.8 Å². The average molecular weight is 377 g/mol. The molecule has 1 aliphatic heterocycles. The first kappa shape index (κ1) is 19.7. The third kappa shape index (κ3) is 4.80. The van der Waals surface area contributed by atoms with E-state index < -0.39 is 11.7 Å². The lowest BCUT2D eigenvalue weighted by atomic mass is 9.99. The highest BCUT2D eigenvalue weighted by Gasteiger charge is 2.31. The van der Waals surface area contributed by atoms with Gasteiger partial charge in [0.2, 0.25) is 0 Å². The second-order valence-corrected chi connectivity index (χ2v) is 7.41. The lowest BCUT2D eigenvalue weighted by molar-refractivity contribution is -0.137. The largest absolute Gasteiger partial charge is 0.417 e. The third-order valence-corrected chi connectivity index (χ3v) is 5.43. The van der Waals surface area contributed by atoms with Crippen molar-refractivity contribution in [2.24, 2.45) is 0 Å². The summed E-state index contributed by atoms with van der Waals surface area (Å²) in [6, 6.07) is 7.46. The molecule has 1 aliphatic rings. The molecule has 6 heteroatoms. The number of anilines is 1. The quantitative estimate of drug-likeness (QED) is 0.831. The van der Waals surface area contributed by atoms with E-state index in [0.29, 0.717) is 11.9 Å². The minimum absolute atomic E-state index is 0.414. The lowest BCUT2D eigenvalue weighted by Gasteiger charge is -2.33. The van der Waals surface area contributed by atoms with Crippen LogP contribution in [0.3, 0.4) is 0 Å². The maximum Gasteiger partial charge on any atom is 0.417 e. The van der Waals surface area contributed by atoms with Crippen molar-refractivity contribution in [3.8, 4) is 0 Å². The molecular formula is C21H26F3N3. The van der Waals surface area contributed by atoms with Crippen LogP contribution in [0.25, 0.3) is 0 Å². The van der Waals surface area contributed by atoms with Gasteiger partial charge in [-0.15, -0.1) is 0 Å². The Balaban J connectivity index is 1.53. The SMILES string of the molecule is Cc1cc(C)c(CNC2CCN(c3ccc(C(F)(F)F)cn3)CC2)cc1C. The van der Waals surface area contributed by atoms with Gasteiger partial charge in [0.1, 0.15) is 5.82 Å². The van der Waals surface area contributed by atoms with Crippen LogP contribution in [0.1, 0.15) is 40.7 Å². The lowest BCUT2D eigenvalue weighted by Crippen LogP contribution is -2.42. The van der Waals surface area contributed by atoms with E-state index in [1.54, 1.807) is 0 Å². The van der Waals surface area contributed by atoms with Gasteiger partial charge in [-0.3, -0.25) is 0 Å². The molecule has 2 aromatic rings. The first-order chi connectivity index (χ1) is 12.7. The van der Waals surface area contributed by atoms with Crippen LogP contribution in [-0.2, 0) is 12.7 Å². The number of pyridine rings is 1. The Bertz CT molecular complexity index is 776. The van der Waals surface area contributed by atoms with E-state index in [4.69, 9.17) is 0 Å². The summed E-state index contributed by atoms with van der Waals surface area (Å²) in [4.78, 5) is 6.06. The topological polar surface area (TPSA) is 28.2 Å². The van der Waals surface area contributed by atoms with E-state index in [2.05, 4.69) is 48.1 Å². The molecule has 0 saturated carbocycles. The summed E-state index contributed by atoms with van der Waals surface area (Å²) < 4.78 is 38.0. The molecule has 27 heavy (non-hydrogen) atoms. The van der Waals surface area contributed by atoms with Crippen molar-refractivity contribution in [2.75, 3.05) is 18.0 Å². The minimum Gasteiger partial charge on any atom is -0.357 e. The molecule has 0 bridgehead atoms. The molecule has 2 heterocycles. The summed E-state index contributed by atoms with van der Waals surface area (Å²) in [5, 5.41) is 3.63. The van der Waals surface area contributed by atoms with Crippen molar-refractivity contribution in [3.63, 3.8) is 0 Å². The predicted molar refractivity (Wildman–Crippen MR) is 102 cm³/mol. The molecule has 1 fully saturated rings. The normalized spacial score (nSPS) is 16.0. The second-order valence-electron chi connectivity index (χ2n) is 7.41. The van der Waals surface area contributed by atoms with E-state index in [1.165, 1.54) is 28.3 Å². The molecule has 3 rings (SSSR count). The van der Waals surface area contributed by atoms with Crippen molar-refractivity contribution in [1.82, 2.24) is 10.3 Å². The van der Waals surface area contributed by atoms with E-state index >= 15 is 0 Å². The van der Waals surface area contributed by atoms with Crippen LogP contribution >= 0.6 is 0 Å². The molecule has 3 nitrogen and oxygen atoms in total. The monoisotopic (exact) mass is 377 g/mol. The number of alkyl halides is 3. The molecule has 0 aliphatic carbocycles. The van der Waals surface area contributed by atoms with Crippen LogP contribution in [-0.4, -0.2) is 24.1 Å².